The number of nitrogens with two attached hydrogens (primary N) is 2. The first-order chi connectivity index (χ1) is 6.24. The summed E-state index contributed by atoms with van der Waals surface area (Å²) in [4.78, 5) is 14.8. The molecule has 5 nitrogen and oxygen atoms in total. The van der Waals surface area contributed by atoms with E-state index in [0.29, 0.717) is 0 Å². The fourth-order valence-corrected chi connectivity index (χ4v) is 0.972. The molecule has 0 aliphatic heterocycles. The van der Waals surface area contributed by atoms with Crippen LogP contribution in [0.1, 0.15) is 18.0 Å². The summed E-state index contributed by atoms with van der Waals surface area (Å²) in [7, 11) is 0. The minimum absolute atomic E-state index is 0.169. The topological polar surface area (TPSA) is 94.0 Å². The van der Waals surface area contributed by atoms with Gasteiger partial charge in [-0.05, 0) is 11.6 Å². The molecule has 0 fully saturated rings. The summed E-state index contributed by atoms with van der Waals surface area (Å²) in [6.07, 6.45) is 3.45. The van der Waals surface area contributed by atoms with Gasteiger partial charge in [0.1, 0.15) is 0 Å². The second-order valence-corrected chi connectivity index (χ2v) is 2.66. The van der Waals surface area contributed by atoms with E-state index in [0.717, 1.165) is 5.56 Å². The van der Waals surface area contributed by atoms with Gasteiger partial charge >= 0.3 is 0 Å². The first-order valence-corrected chi connectivity index (χ1v) is 3.89. The molecule has 1 atom stereocenters. The van der Waals surface area contributed by atoms with E-state index >= 15 is 0 Å². The van der Waals surface area contributed by atoms with E-state index in [1.54, 1.807) is 18.5 Å². The number of carbonyl (C=O) groups is 1. The highest BCUT2D eigenvalue weighted by Gasteiger charge is 2.09. The lowest BCUT2D eigenvalue weighted by Crippen LogP contribution is -2.32. The molecular formula is C8H12N4O. The van der Waals surface area contributed by atoms with Crippen molar-refractivity contribution in [2.45, 2.75) is 12.5 Å². The maximum atomic E-state index is 10.9. The van der Waals surface area contributed by atoms with E-state index in [2.05, 4.69) is 4.98 Å². The third-order valence-electron chi connectivity index (χ3n) is 1.68. The zero-order chi connectivity index (χ0) is 9.68. The van der Waals surface area contributed by atoms with Crippen molar-refractivity contribution in [3.63, 3.8) is 0 Å². The number of carbonyl (C=O) groups excluding carboxylic acids is 1. The van der Waals surface area contributed by atoms with Crippen LogP contribution in [0, 0.1) is 0 Å². The van der Waals surface area contributed by atoms with Crippen LogP contribution in [-0.4, -0.2) is 10.9 Å². The van der Waals surface area contributed by atoms with Crippen molar-refractivity contribution in [1.29, 1.82) is 0 Å². The number of pyridine rings is 1. The molecule has 70 valence electrons. The summed E-state index contributed by atoms with van der Waals surface area (Å²) >= 11 is 0. The summed E-state index contributed by atoms with van der Waals surface area (Å²) in [5, 5.41) is 0. The van der Waals surface area contributed by atoms with E-state index in [4.69, 9.17) is 11.6 Å². The zero-order valence-corrected chi connectivity index (χ0v) is 7.10. The summed E-state index contributed by atoms with van der Waals surface area (Å²) < 4.78 is 0. The lowest BCUT2D eigenvalue weighted by Gasteiger charge is -2.09. The Balaban J connectivity index is 2.59. The molecule has 5 heteroatoms. The van der Waals surface area contributed by atoms with Crippen LogP contribution in [-0.2, 0) is 4.79 Å². The molecule has 1 amide bonds. The number of nitrogens with one attached hydrogen (secondary N) is 1. The van der Waals surface area contributed by atoms with Gasteiger partial charge in [-0.3, -0.25) is 15.2 Å². The third-order valence-corrected chi connectivity index (χ3v) is 1.68. The highest BCUT2D eigenvalue weighted by Crippen LogP contribution is 2.11. The molecule has 0 radical (unpaired) electrons. The average Bonchev–Trinajstić information content (AvgIpc) is 2.19. The first-order valence-electron chi connectivity index (χ1n) is 3.89. The predicted molar refractivity (Wildman–Crippen MR) is 48.1 cm³/mol. The standard InChI is InChI=1S/C8H12N4O/c9-7(4-8(13)12-10)6-2-1-3-11-5-6/h1-3,5,7H,4,9-10H2,(H,12,13). The van der Waals surface area contributed by atoms with Gasteiger partial charge in [-0.2, -0.15) is 0 Å². The maximum Gasteiger partial charge on any atom is 0.235 e. The second-order valence-electron chi connectivity index (χ2n) is 2.66. The third kappa shape index (κ3) is 2.81. The SMILES string of the molecule is NNC(=O)CC(N)c1cccnc1. The summed E-state index contributed by atoms with van der Waals surface area (Å²) in [6.45, 7) is 0. The van der Waals surface area contributed by atoms with E-state index in [1.165, 1.54) is 0 Å². The van der Waals surface area contributed by atoms with E-state index in [9.17, 15) is 4.79 Å². The molecule has 0 aliphatic rings. The minimum Gasteiger partial charge on any atom is -0.323 e. The molecule has 0 saturated heterocycles. The first kappa shape index (κ1) is 9.63. The van der Waals surface area contributed by atoms with Crippen molar-refractivity contribution >= 4 is 5.91 Å². The normalized spacial score (nSPS) is 12.2. The molecule has 0 aromatic carbocycles. The van der Waals surface area contributed by atoms with Crippen LogP contribution in [0.2, 0.25) is 0 Å². The van der Waals surface area contributed by atoms with Crippen LogP contribution in [0.4, 0.5) is 0 Å². The quantitative estimate of drug-likeness (QED) is 0.331. The maximum absolute atomic E-state index is 10.9. The Morgan fingerprint density at radius 2 is 2.46 bits per heavy atom. The van der Waals surface area contributed by atoms with E-state index in [-0.39, 0.29) is 18.4 Å². The molecule has 0 aliphatic carbocycles. The van der Waals surface area contributed by atoms with Crippen molar-refractivity contribution < 1.29 is 4.79 Å². The van der Waals surface area contributed by atoms with Crippen molar-refractivity contribution in [3.05, 3.63) is 30.1 Å². The van der Waals surface area contributed by atoms with Crippen LogP contribution in [0.3, 0.4) is 0 Å². The Morgan fingerprint density at radius 3 is 3.00 bits per heavy atom. The number of nitrogens with zero attached hydrogens (tertiary/aromatic N) is 1. The van der Waals surface area contributed by atoms with Gasteiger partial charge in [0, 0.05) is 24.9 Å². The number of hydrazine groups is 1. The van der Waals surface area contributed by atoms with Crippen molar-refractivity contribution in [2.75, 3.05) is 0 Å². The fourth-order valence-electron chi connectivity index (χ4n) is 0.972. The Hall–Kier alpha value is -1.46. The molecule has 1 unspecified atom stereocenters. The van der Waals surface area contributed by atoms with Crippen molar-refractivity contribution in [3.8, 4) is 0 Å². The second kappa shape index (κ2) is 4.54. The van der Waals surface area contributed by atoms with Gasteiger partial charge in [0.15, 0.2) is 0 Å². The van der Waals surface area contributed by atoms with Crippen LogP contribution < -0.4 is 17.0 Å². The molecule has 1 aromatic rings. The predicted octanol–water partition coefficient (Wildman–Crippen LogP) is -0.539. The largest absolute Gasteiger partial charge is 0.323 e. The molecule has 0 saturated carbocycles. The lowest BCUT2D eigenvalue weighted by molar-refractivity contribution is -0.121. The van der Waals surface area contributed by atoms with Gasteiger partial charge < -0.3 is 5.73 Å². The molecule has 5 N–H and O–H groups in total. The molecule has 0 bridgehead atoms. The van der Waals surface area contributed by atoms with Crippen molar-refractivity contribution in [2.24, 2.45) is 11.6 Å². The molecule has 1 aromatic heterocycles. The van der Waals surface area contributed by atoms with E-state index < -0.39 is 0 Å². The molecule has 13 heavy (non-hydrogen) atoms. The molecule has 1 heterocycles. The zero-order valence-electron chi connectivity index (χ0n) is 7.10. The highest BCUT2D eigenvalue weighted by atomic mass is 16.2. The smallest absolute Gasteiger partial charge is 0.235 e. The summed E-state index contributed by atoms with van der Waals surface area (Å²) in [6, 6.07) is 3.24. The van der Waals surface area contributed by atoms with Crippen molar-refractivity contribution in [1.82, 2.24) is 10.4 Å². The monoisotopic (exact) mass is 180 g/mol. The Morgan fingerprint density at radius 1 is 1.69 bits per heavy atom. The van der Waals surface area contributed by atoms with Crippen LogP contribution in [0.15, 0.2) is 24.5 Å². The van der Waals surface area contributed by atoms with Crippen LogP contribution in [0.5, 0.6) is 0 Å². The van der Waals surface area contributed by atoms with E-state index in [1.807, 2.05) is 11.5 Å². The number of hydrogen-bond donors (Lipinski definition) is 3. The average molecular weight is 180 g/mol. The Kier molecular flexibility index (Phi) is 3.36. The number of rotatable bonds is 3. The van der Waals surface area contributed by atoms with Gasteiger partial charge in [-0.25, -0.2) is 5.84 Å². The lowest BCUT2D eigenvalue weighted by atomic mass is 10.1. The van der Waals surface area contributed by atoms with Crippen LogP contribution in [0.25, 0.3) is 0 Å². The van der Waals surface area contributed by atoms with Gasteiger partial charge in [0.2, 0.25) is 5.91 Å². The van der Waals surface area contributed by atoms with Gasteiger partial charge in [0.05, 0.1) is 0 Å². The molecule has 1 rings (SSSR count). The Labute approximate surface area is 76.1 Å². The number of aromatic nitrogens is 1. The fraction of sp³-hybridized carbons (Fsp3) is 0.250. The highest BCUT2D eigenvalue weighted by molar-refractivity contribution is 5.76. The Bertz CT molecular complexity index is 275. The van der Waals surface area contributed by atoms with Gasteiger partial charge in [0.25, 0.3) is 0 Å². The van der Waals surface area contributed by atoms with Gasteiger partial charge in [-0.15, -0.1) is 0 Å². The summed E-state index contributed by atoms with van der Waals surface area (Å²) in [5.41, 5.74) is 8.57. The van der Waals surface area contributed by atoms with Crippen LogP contribution >= 0.6 is 0 Å². The molecule has 0 spiro atoms. The minimum atomic E-state index is -0.350. The molecular weight excluding hydrogens is 168 g/mol. The number of hydrogen-bond acceptors (Lipinski definition) is 4. The summed E-state index contributed by atoms with van der Waals surface area (Å²) in [5.74, 6) is 4.65. The number of amides is 1. The van der Waals surface area contributed by atoms with Gasteiger partial charge in [-0.1, -0.05) is 6.07 Å².